The molecule has 0 N–H and O–H groups in total. The minimum Gasteiger partial charge on any atom is -0.566 e. The van der Waals surface area contributed by atoms with Crippen molar-refractivity contribution in [3.05, 3.63) is 0 Å². The Morgan fingerprint density at radius 1 is 0.224 bits per heavy atom. The van der Waals surface area contributed by atoms with E-state index in [2.05, 4.69) is 68.7 Å². The predicted octanol–water partition coefficient (Wildman–Crippen LogP) is 11.9. The molecule has 0 aromatic heterocycles. The second-order valence-corrected chi connectivity index (χ2v) is 19.1. The van der Waals surface area contributed by atoms with Gasteiger partial charge >= 0.3 is 49.5 Å². The topological polar surface area (TPSA) is 296 Å². The van der Waals surface area contributed by atoms with Crippen LogP contribution in [0.25, 0.3) is 0 Å². The van der Waals surface area contributed by atoms with Gasteiger partial charge in [0.05, 0.1) is 0 Å². The smallest absolute Gasteiger partial charge is 0.488 e. The van der Waals surface area contributed by atoms with Gasteiger partial charge in [0.2, 0.25) is 0 Å². The normalized spacial score (nSPS) is 11.5. The van der Waals surface area contributed by atoms with Crippen LogP contribution in [-0.4, -0.2) is 39.6 Å². The van der Waals surface area contributed by atoms with Gasteiger partial charge in [-0.25, -0.2) is 0 Å². The molecule has 6 unspecified atom stereocenters. The molecule has 0 saturated carbocycles. The maximum absolute atomic E-state index is 9.90. The van der Waals surface area contributed by atoms with E-state index in [9.17, 15) is 56.8 Å². The maximum Gasteiger partial charge on any atom is 0.488 e. The molecule has 0 aromatic rings. The van der Waals surface area contributed by atoms with Gasteiger partial charge in [-0.05, 0) is 65.9 Å². The zero-order valence-corrected chi connectivity index (χ0v) is 49.3. The van der Waals surface area contributed by atoms with Gasteiger partial charge in [-0.2, -0.15) is 0 Å². The molecule has 0 rings (SSSR count). The first-order valence-corrected chi connectivity index (χ1v) is 30.8. The second kappa shape index (κ2) is 78.2. The Morgan fingerprint density at radius 3 is 0.418 bits per heavy atom. The third-order valence-electron chi connectivity index (χ3n) is 8.67. The van der Waals surface area contributed by atoms with Crippen molar-refractivity contribution in [3.8, 4) is 0 Å². The average Bonchev–Trinajstić information content (AvgIpc) is 3.26. The fraction of sp³-hybridized carbons (Fsp3) is 1.00. The molecule has 0 aliphatic heterocycles. The summed E-state index contributed by atoms with van der Waals surface area (Å²) in [4.78, 5) is 59.4. The van der Waals surface area contributed by atoms with E-state index in [4.69, 9.17) is 0 Å². The van der Waals surface area contributed by atoms with Crippen molar-refractivity contribution in [1.29, 1.82) is 0 Å². The van der Waals surface area contributed by atoms with Crippen molar-refractivity contribution in [3.63, 3.8) is 0 Å². The van der Waals surface area contributed by atoms with Gasteiger partial charge in [0.25, 0.3) is 0 Å². The second-order valence-electron chi connectivity index (χ2n) is 14.8. The van der Waals surface area contributed by atoms with E-state index in [1.807, 2.05) is 0 Å². The summed E-state index contributed by atoms with van der Waals surface area (Å²) in [5.74, 6) is 0. The Kier molecular flexibility index (Phi) is 95.6. The predicted molar refractivity (Wildman–Crippen MR) is 254 cm³/mol. The molecule has 0 bridgehead atoms. The first-order valence-electron chi connectivity index (χ1n) is 24.3. The third kappa shape index (κ3) is 118. The molecule has 0 aliphatic carbocycles. The first kappa shape index (κ1) is 81.8. The van der Waals surface area contributed by atoms with Crippen LogP contribution in [0.3, 0.4) is 0 Å². The molecule has 0 radical (unpaired) electrons. The van der Waals surface area contributed by atoms with Crippen LogP contribution in [-0.2, 0) is 75.6 Å². The largest absolute Gasteiger partial charge is 0.566 e. The molecule has 0 aromatic carbocycles. The standard InChI is InChI=1S/6C7H15O3P.Mo/c6*1-2-3-4-5-6-7-10-11(8)9;/h6*2-7H2,1H3;. The summed E-state index contributed by atoms with van der Waals surface area (Å²) in [5, 5.41) is 0. The minimum atomic E-state index is -2.62. The Morgan fingerprint density at radius 2 is 0.328 bits per heavy atom. The summed E-state index contributed by atoms with van der Waals surface area (Å²) in [7, 11) is -15.7. The molecule has 18 nitrogen and oxygen atoms in total. The minimum absolute atomic E-state index is 0. The van der Waals surface area contributed by atoms with Crippen LogP contribution in [0.2, 0.25) is 0 Å². The van der Waals surface area contributed by atoms with E-state index in [1.54, 1.807) is 0 Å². The zero-order chi connectivity index (χ0) is 51.2. The van der Waals surface area contributed by atoms with Crippen LogP contribution in [0.1, 0.15) is 234 Å². The molecule has 0 fully saturated rings. The molecule has 6 atom stereocenters. The summed E-state index contributed by atoms with van der Waals surface area (Å²) in [6.45, 7) is 15.0. The quantitative estimate of drug-likeness (QED) is 0.0311. The van der Waals surface area contributed by atoms with Crippen molar-refractivity contribution in [2.75, 3.05) is 39.6 Å². The van der Waals surface area contributed by atoms with Gasteiger partial charge in [-0.15, -0.1) is 27.1 Å². The van der Waals surface area contributed by atoms with E-state index in [0.29, 0.717) is 39.6 Å². The van der Waals surface area contributed by atoms with E-state index in [0.717, 1.165) is 77.0 Å². The first-order chi connectivity index (χ1) is 31.6. The van der Waals surface area contributed by atoms with E-state index < -0.39 is 49.5 Å². The van der Waals surface area contributed by atoms with Crippen LogP contribution in [0.15, 0.2) is 0 Å². The third-order valence-corrected chi connectivity index (χ3v) is 11.0. The Labute approximate surface area is 426 Å². The molecule has 0 heterocycles. The molecule has 0 spiro atoms. The Bertz CT molecular complexity index is 844. The van der Waals surface area contributed by atoms with Crippen molar-refractivity contribution >= 4 is 49.5 Å². The molecule has 0 amide bonds. The van der Waals surface area contributed by atoms with Crippen molar-refractivity contribution < 1.29 is 105 Å². The molecule has 67 heavy (non-hydrogen) atoms. The van der Waals surface area contributed by atoms with E-state index >= 15 is 0 Å². The summed E-state index contributed by atoms with van der Waals surface area (Å²) in [6, 6.07) is 0. The number of hydrogen-bond acceptors (Lipinski definition) is 18. The van der Waals surface area contributed by atoms with Crippen molar-refractivity contribution in [1.82, 2.24) is 0 Å². The van der Waals surface area contributed by atoms with Gasteiger partial charge < -0.3 is 29.4 Å². The number of hydrogen-bond donors (Lipinski definition) is 0. The van der Waals surface area contributed by atoms with Gasteiger partial charge in [0.15, 0.2) is 0 Å². The summed E-state index contributed by atoms with van der Waals surface area (Å²) in [5.41, 5.74) is 0. The zero-order valence-electron chi connectivity index (χ0n) is 41.9. The van der Waals surface area contributed by atoms with Crippen LogP contribution in [0.5, 0.6) is 0 Å². The van der Waals surface area contributed by atoms with Crippen LogP contribution >= 0.6 is 49.5 Å². The maximum atomic E-state index is 9.90. The van der Waals surface area contributed by atoms with E-state index in [1.165, 1.54) is 116 Å². The van der Waals surface area contributed by atoms with Crippen molar-refractivity contribution in [2.45, 2.75) is 234 Å². The Hall–Kier alpha value is 0.808. The number of unbranched alkanes of at least 4 members (excludes halogenated alkanes) is 24. The summed E-state index contributed by atoms with van der Waals surface area (Å²) in [6.07, 6.45) is 33.1. The fourth-order valence-corrected chi connectivity index (χ4v) is 6.74. The van der Waals surface area contributed by atoms with Gasteiger partial charge in [0, 0.05) is 21.1 Å². The molecule has 402 valence electrons. The molecule has 0 aliphatic rings. The molecular formula is C42H90MoO18P6. The molecule has 0 saturated heterocycles. The van der Waals surface area contributed by atoms with Crippen molar-refractivity contribution in [2.24, 2.45) is 0 Å². The van der Waals surface area contributed by atoms with Crippen LogP contribution < -0.4 is 29.4 Å². The molecule has 25 heteroatoms. The molecular weight excluding hydrogens is 1070 g/mol. The van der Waals surface area contributed by atoms with Crippen LogP contribution in [0, 0.1) is 0 Å². The number of rotatable bonds is 42. The summed E-state index contributed by atoms with van der Waals surface area (Å²) >= 11 is 0. The SMILES string of the molecule is CCCCCCCO[P+](=O)[O-].CCCCCCCO[P+](=O)[O-].CCCCCCCO[P+](=O)[O-].CCCCCCCO[P+](=O)[O-].CCCCCCCO[P+](=O)[O-].CCCCCCCO[P+](=O)[O-].[Mo]. The van der Waals surface area contributed by atoms with Gasteiger partial charge in [0.1, 0.15) is 39.6 Å². The Balaban J connectivity index is -0.000000129. The van der Waals surface area contributed by atoms with Gasteiger partial charge in [-0.1, -0.05) is 196 Å². The average molecular weight is 1160 g/mol. The fourth-order valence-electron chi connectivity index (χ4n) is 5.07. The van der Waals surface area contributed by atoms with E-state index in [-0.39, 0.29) is 21.1 Å². The summed E-state index contributed by atoms with van der Waals surface area (Å²) < 4.78 is 85.7. The van der Waals surface area contributed by atoms with Crippen LogP contribution in [0.4, 0.5) is 0 Å². The monoisotopic (exact) mass is 1170 g/mol. The van der Waals surface area contributed by atoms with Gasteiger partial charge in [-0.3, -0.25) is 0 Å².